The van der Waals surface area contributed by atoms with E-state index in [0.29, 0.717) is 5.82 Å². The summed E-state index contributed by atoms with van der Waals surface area (Å²) >= 11 is 0. The van der Waals surface area contributed by atoms with Gasteiger partial charge in [0.1, 0.15) is 17.5 Å². The predicted molar refractivity (Wildman–Crippen MR) is 56.9 cm³/mol. The van der Waals surface area contributed by atoms with Crippen molar-refractivity contribution in [2.75, 3.05) is 5.32 Å². The Balaban J connectivity index is 2.10. The topological polar surface area (TPSA) is 29.9 Å². The SMILES string of the molecule is Cn1ccc(NCc2c(F)cccc2F)n1. The Morgan fingerprint density at radius 1 is 1.25 bits per heavy atom. The highest BCUT2D eigenvalue weighted by Crippen LogP contribution is 2.13. The Morgan fingerprint density at radius 3 is 2.50 bits per heavy atom. The molecular weight excluding hydrogens is 212 g/mol. The molecule has 2 rings (SSSR count). The van der Waals surface area contributed by atoms with E-state index in [1.165, 1.54) is 18.2 Å². The molecule has 16 heavy (non-hydrogen) atoms. The van der Waals surface area contributed by atoms with E-state index in [2.05, 4.69) is 10.4 Å². The largest absolute Gasteiger partial charge is 0.364 e. The molecule has 2 aromatic rings. The molecule has 0 atom stereocenters. The Labute approximate surface area is 91.7 Å². The van der Waals surface area contributed by atoms with Gasteiger partial charge in [-0.3, -0.25) is 4.68 Å². The van der Waals surface area contributed by atoms with Gasteiger partial charge in [0.25, 0.3) is 0 Å². The first-order valence-corrected chi connectivity index (χ1v) is 4.83. The average molecular weight is 223 g/mol. The molecule has 0 spiro atoms. The van der Waals surface area contributed by atoms with Gasteiger partial charge in [-0.2, -0.15) is 5.10 Å². The molecular formula is C11H11F2N3. The number of halogens is 2. The van der Waals surface area contributed by atoms with Gasteiger partial charge in [-0.1, -0.05) is 6.07 Å². The minimum absolute atomic E-state index is 0.0214. The smallest absolute Gasteiger partial charge is 0.148 e. The third-order valence-corrected chi connectivity index (χ3v) is 2.22. The third kappa shape index (κ3) is 2.18. The fraction of sp³-hybridized carbons (Fsp3) is 0.182. The van der Waals surface area contributed by atoms with E-state index < -0.39 is 11.6 Å². The van der Waals surface area contributed by atoms with Crippen molar-refractivity contribution >= 4 is 5.82 Å². The molecule has 0 saturated heterocycles. The van der Waals surface area contributed by atoms with Crippen LogP contribution in [0.4, 0.5) is 14.6 Å². The van der Waals surface area contributed by atoms with Crippen LogP contribution in [0.25, 0.3) is 0 Å². The second kappa shape index (κ2) is 4.30. The molecule has 3 nitrogen and oxygen atoms in total. The maximum atomic E-state index is 13.3. The molecule has 0 unspecified atom stereocenters. The second-order valence-electron chi connectivity index (χ2n) is 3.43. The Kier molecular flexibility index (Phi) is 2.85. The van der Waals surface area contributed by atoms with Crippen LogP contribution in [0, 0.1) is 11.6 Å². The van der Waals surface area contributed by atoms with Crippen LogP contribution in [0.1, 0.15) is 5.56 Å². The molecule has 0 bridgehead atoms. The van der Waals surface area contributed by atoms with Crippen molar-refractivity contribution in [3.8, 4) is 0 Å². The lowest BCUT2D eigenvalue weighted by Crippen LogP contribution is -2.05. The minimum Gasteiger partial charge on any atom is -0.364 e. The fourth-order valence-corrected chi connectivity index (χ4v) is 1.39. The number of hydrogen-bond donors (Lipinski definition) is 1. The Hall–Kier alpha value is -1.91. The van der Waals surface area contributed by atoms with Crippen LogP contribution in [0.3, 0.4) is 0 Å². The maximum Gasteiger partial charge on any atom is 0.148 e. The van der Waals surface area contributed by atoms with E-state index in [9.17, 15) is 8.78 Å². The van der Waals surface area contributed by atoms with Crippen molar-refractivity contribution in [2.24, 2.45) is 7.05 Å². The maximum absolute atomic E-state index is 13.3. The molecule has 0 fully saturated rings. The van der Waals surface area contributed by atoms with Gasteiger partial charge in [0.2, 0.25) is 0 Å². The van der Waals surface area contributed by atoms with Gasteiger partial charge in [0.05, 0.1) is 0 Å². The lowest BCUT2D eigenvalue weighted by Gasteiger charge is -2.05. The molecule has 0 aliphatic heterocycles. The second-order valence-corrected chi connectivity index (χ2v) is 3.43. The van der Waals surface area contributed by atoms with Gasteiger partial charge < -0.3 is 5.32 Å². The summed E-state index contributed by atoms with van der Waals surface area (Å²) in [5, 5.41) is 6.90. The first kappa shape index (κ1) is 10.6. The fourth-order valence-electron chi connectivity index (χ4n) is 1.39. The van der Waals surface area contributed by atoms with Crippen molar-refractivity contribution in [2.45, 2.75) is 6.54 Å². The van der Waals surface area contributed by atoms with E-state index in [-0.39, 0.29) is 12.1 Å². The molecule has 1 N–H and O–H groups in total. The van der Waals surface area contributed by atoms with Gasteiger partial charge in [-0.05, 0) is 12.1 Å². The Bertz CT molecular complexity index is 473. The number of aryl methyl sites for hydroxylation is 1. The van der Waals surface area contributed by atoms with Gasteiger partial charge in [-0.15, -0.1) is 0 Å². The molecule has 0 aliphatic carbocycles. The third-order valence-electron chi connectivity index (χ3n) is 2.22. The van der Waals surface area contributed by atoms with Crippen molar-refractivity contribution in [1.82, 2.24) is 9.78 Å². The molecule has 0 aliphatic rings. The van der Waals surface area contributed by atoms with Crippen LogP contribution in [-0.4, -0.2) is 9.78 Å². The quantitative estimate of drug-likeness (QED) is 0.865. The van der Waals surface area contributed by atoms with Gasteiger partial charge >= 0.3 is 0 Å². The highest BCUT2D eigenvalue weighted by Gasteiger charge is 2.08. The lowest BCUT2D eigenvalue weighted by atomic mass is 10.2. The summed E-state index contributed by atoms with van der Waals surface area (Å²) in [4.78, 5) is 0. The van der Waals surface area contributed by atoms with Crippen LogP contribution >= 0.6 is 0 Å². The van der Waals surface area contributed by atoms with Crippen molar-refractivity contribution in [3.63, 3.8) is 0 Å². The molecule has 0 saturated carbocycles. The average Bonchev–Trinajstić information content (AvgIpc) is 2.63. The summed E-state index contributed by atoms with van der Waals surface area (Å²) in [5.74, 6) is -0.517. The summed E-state index contributed by atoms with van der Waals surface area (Å²) in [7, 11) is 1.77. The molecule has 0 amide bonds. The number of rotatable bonds is 3. The van der Waals surface area contributed by atoms with Gasteiger partial charge in [-0.25, -0.2) is 8.78 Å². The van der Waals surface area contributed by atoms with Crippen molar-refractivity contribution in [3.05, 3.63) is 47.7 Å². The number of hydrogen-bond acceptors (Lipinski definition) is 2. The lowest BCUT2D eigenvalue weighted by molar-refractivity contribution is 0.559. The van der Waals surface area contributed by atoms with E-state index in [1.807, 2.05) is 0 Å². The first-order valence-electron chi connectivity index (χ1n) is 4.83. The zero-order valence-electron chi connectivity index (χ0n) is 8.74. The zero-order valence-corrected chi connectivity index (χ0v) is 8.74. The van der Waals surface area contributed by atoms with Crippen molar-refractivity contribution in [1.29, 1.82) is 0 Å². The minimum atomic E-state index is -0.552. The molecule has 0 radical (unpaired) electrons. The summed E-state index contributed by atoms with van der Waals surface area (Å²) in [6.07, 6.45) is 1.75. The predicted octanol–water partition coefficient (Wildman–Crippen LogP) is 2.31. The summed E-state index contributed by atoms with van der Waals surface area (Å²) in [6, 6.07) is 5.55. The summed E-state index contributed by atoms with van der Waals surface area (Å²) in [5.41, 5.74) is 0.0214. The molecule has 5 heteroatoms. The number of nitrogens with zero attached hydrogens (tertiary/aromatic N) is 2. The molecule has 1 heterocycles. The van der Waals surface area contributed by atoms with Crippen LogP contribution < -0.4 is 5.32 Å². The number of aromatic nitrogens is 2. The first-order chi connectivity index (χ1) is 7.66. The van der Waals surface area contributed by atoms with Crippen LogP contribution in [-0.2, 0) is 13.6 Å². The van der Waals surface area contributed by atoms with Crippen LogP contribution in [0.2, 0.25) is 0 Å². The van der Waals surface area contributed by atoms with E-state index >= 15 is 0 Å². The highest BCUT2D eigenvalue weighted by atomic mass is 19.1. The molecule has 84 valence electrons. The monoisotopic (exact) mass is 223 g/mol. The number of nitrogens with one attached hydrogen (secondary N) is 1. The number of benzene rings is 1. The van der Waals surface area contributed by atoms with Crippen LogP contribution in [0.15, 0.2) is 30.5 Å². The number of anilines is 1. The highest BCUT2D eigenvalue weighted by molar-refractivity contribution is 5.34. The molecule has 1 aromatic heterocycles. The van der Waals surface area contributed by atoms with Crippen molar-refractivity contribution < 1.29 is 8.78 Å². The van der Waals surface area contributed by atoms with Gasteiger partial charge in [0, 0.05) is 31.4 Å². The van der Waals surface area contributed by atoms with E-state index in [1.54, 1.807) is 24.0 Å². The summed E-state index contributed by atoms with van der Waals surface area (Å²) in [6.45, 7) is 0.0789. The normalized spacial score (nSPS) is 10.4. The Morgan fingerprint density at radius 2 is 1.94 bits per heavy atom. The van der Waals surface area contributed by atoms with E-state index in [4.69, 9.17) is 0 Å². The van der Waals surface area contributed by atoms with Gasteiger partial charge in [0.15, 0.2) is 0 Å². The standard InChI is InChI=1S/C11H11F2N3/c1-16-6-5-11(15-16)14-7-8-9(12)3-2-4-10(8)13/h2-6H,7H2,1H3,(H,14,15). The zero-order chi connectivity index (χ0) is 11.5. The van der Waals surface area contributed by atoms with E-state index in [0.717, 1.165) is 0 Å². The van der Waals surface area contributed by atoms with Crippen LogP contribution in [0.5, 0.6) is 0 Å². The molecule has 1 aromatic carbocycles. The summed E-state index contributed by atoms with van der Waals surface area (Å²) < 4.78 is 28.1.